The zero-order valence-corrected chi connectivity index (χ0v) is 11.5. The second-order valence-corrected chi connectivity index (χ2v) is 3.13. The molecule has 0 rings (SSSR count). The smallest absolute Gasteiger partial charge is 0.593 e. The maximum absolute atomic E-state index is 9.94. The molecule has 2 radical (unpaired) electrons. The van der Waals surface area contributed by atoms with Crippen LogP contribution in [0.25, 0.3) is 0 Å². The molecule has 0 heterocycles. The molecule has 0 aliphatic rings. The van der Waals surface area contributed by atoms with Gasteiger partial charge in [-0.25, -0.2) is 0 Å². The molecule has 0 saturated carbocycles. The standard InChI is InChI=1S/C6H10BNOS.U/c1-3-10-4-6(2)8(7)5-9;/h6H,2-4H2,1H3;/q-2;+2/t6-;/m1./s1. The molecule has 0 spiro atoms. The van der Waals surface area contributed by atoms with Gasteiger partial charge >= 0.3 is 31.1 Å². The predicted molar refractivity (Wildman–Crippen MR) is 45.4 cm³/mol. The second-order valence-electron chi connectivity index (χ2n) is 1.81. The Balaban J connectivity index is 0. The predicted octanol–water partition coefficient (Wildman–Crippen LogP) is 0.395. The number of hydrogen-bond donors (Lipinski definition) is 0. The Labute approximate surface area is 97.7 Å². The minimum Gasteiger partial charge on any atom is -0.593 e. The van der Waals surface area contributed by atoms with Crippen LogP contribution in [0.15, 0.2) is 0 Å². The molecule has 0 unspecified atom stereocenters. The van der Waals surface area contributed by atoms with Crippen LogP contribution in [0, 0.1) is 38.0 Å². The number of rotatable bonds is 5. The van der Waals surface area contributed by atoms with Gasteiger partial charge in [-0.1, -0.05) is 6.92 Å². The minimum absolute atomic E-state index is 0. The third-order valence-electron chi connectivity index (χ3n) is 1.01. The summed E-state index contributed by atoms with van der Waals surface area (Å²) in [6.07, 6.45) is 1.56. The van der Waals surface area contributed by atoms with Gasteiger partial charge in [-0.2, -0.15) is 18.2 Å². The third kappa shape index (κ3) is 7.30. The van der Waals surface area contributed by atoms with E-state index in [-0.39, 0.29) is 37.2 Å². The number of hydrogen-bond acceptors (Lipinski definition) is 2. The van der Waals surface area contributed by atoms with Gasteiger partial charge in [0, 0.05) is 0 Å². The number of nitrogens with zero attached hydrogens (tertiary/aromatic N) is 1. The van der Waals surface area contributed by atoms with Crippen LogP contribution in [0.4, 0.5) is 0 Å². The van der Waals surface area contributed by atoms with Gasteiger partial charge in [0.15, 0.2) is 7.98 Å². The SMILES string of the molecule is [B]N([C-]=O)[C@H]([CH2-])CSCC.[U+2]. The van der Waals surface area contributed by atoms with Gasteiger partial charge in [0.25, 0.3) is 0 Å². The van der Waals surface area contributed by atoms with Gasteiger partial charge in [-0.3, -0.25) is 0 Å². The topological polar surface area (TPSA) is 20.3 Å². The van der Waals surface area contributed by atoms with Gasteiger partial charge < -0.3 is 16.5 Å². The van der Waals surface area contributed by atoms with Crippen LogP contribution in [-0.4, -0.2) is 36.7 Å². The van der Waals surface area contributed by atoms with Crippen molar-refractivity contribution < 1.29 is 35.9 Å². The zero-order chi connectivity index (χ0) is 7.98. The Kier molecular flexibility index (Phi) is 11.9. The molecule has 0 aromatic heterocycles. The summed E-state index contributed by atoms with van der Waals surface area (Å²) in [7, 11) is 5.19. The van der Waals surface area contributed by atoms with Crippen molar-refractivity contribution in [3.63, 3.8) is 0 Å². The fourth-order valence-electron chi connectivity index (χ4n) is 0.409. The zero-order valence-electron chi connectivity index (χ0n) is 6.54. The van der Waals surface area contributed by atoms with Crippen LogP contribution in [-0.2, 0) is 4.79 Å². The van der Waals surface area contributed by atoms with Gasteiger partial charge in [0.1, 0.15) is 0 Å². The molecule has 11 heavy (non-hydrogen) atoms. The molecule has 1 atom stereocenters. The molecular formula is C6H10BNOSU. The van der Waals surface area contributed by atoms with Crippen molar-refractivity contribution in [1.82, 2.24) is 4.81 Å². The number of amides is 1. The van der Waals surface area contributed by atoms with E-state index in [0.29, 0.717) is 0 Å². The summed E-state index contributed by atoms with van der Waals surface area (Å²) in [5.74, 6) is 1.78. The molecule has 0 bridgehead atoms. The minimum atomic E-state index is -0.164. The van der Waals surface area contributed by atoms with E-state index < -0.39 is 0 Å². The molecule has 2 nitrogen and oxygen atoms in total. The van der Waals surface area contributed by atoms with Crippen molar-refractivity contribution in [2.75, 3.05) is 11.5 Å². The summed E-state index contributed by atoms with van der Waals surface area (Å²) in [6.45, 7) is 5.71. The summed E-state index contributed by atoms with van der Waals surface area (Å²) in [5.41, 5.74) is 0. The molecule has 0 aromatic carbocycles. The molecule has 5 heteroatoms. The largest absolute Gasteiger partial charge is 2.00 e. The Morgan fingerprint density at radius 3 is 2.73 bits per heavy atom. The third-order valence-corrected chi connectivity index (χ3v) is 2.04. The average Bonchev–Trinajstić information content (AvgIpc) is 1.98. The molecule has 58 valence electrons. The van der Waals surface area contributed by atoms with Crippen molar-refractivity contribution in [3.05, 3.63) is 6.92 Å². The molecule has 1 amide bonds. The monoisotopic (exact) mass is 393 g/mol. The van der Waals surface area contributed by atoms with E-state index in [4.69, 9.17) is 7.98 Å². The maximum Gasteiger partial charge on any atom is 2.00 e. The summed E-state index contributed by atoms with van der Waals surface area (Å²) >= 11 is 1.70. The number of thioether (sulfide) groups is 1. The van der Waals surface area contributed by atoms with Crippen LogP contribution >= 0.6 is 11.8 Å². The van der Waals surface area contributed by atoms with E-state index in [0.717, 1.165) is 16.3 Å². The first-order chi connectivity index (χ1) is 4.72. The van der Waals surface area contributed by atoms with E-state index in [1.807, 2.05) is 6.92 Å². The Morgan fingerprint density at radius 2 is 2.36 bits per heavy atom. The molecule has 0 N–H and O–H groups in total. The van der Waals surface area contributed by atoms with Crippen LogP contribution in [0.3, 0.4) is 0 Å². The van der Waals surface area contributed by atoms with E-state index >= 15 is 0 Å². The van der Waals surface area contributed by atoms with Crippen LogP contribution in [0.2, 0.25) is 0 Å². The quantitative estimate of drug-likeness (QED) is 0.383. The number of carbonyl (C=O) groups excluding carboxylic acids is 1. The summed E-state index contributed by atoms with van der Waals surface area (Å²) in [5, 5.41) is 0. The summed E-state index contributed by atoms with van der Waals surface area (Å²) in [4.78, 5) is 10.9. The van der Waals surface area contributed by atoms with E-state index in [1.165, 1.54) is 0 Å². The maximum atomic E-state index is 9.94. The second kappa shape index (κ2) is 9.03. The summed E-state index contributed by atoms with van der Waals surface area (Å²) < 4.78 is 0. The van der Waals surface area contributed by atoms with Crippen molar-refractivity contribution in [2.24, 2.45) is 0 Å². The van der Waals surface area contributed by atoms with Gasteiger partial charge in [0.05, 0.1) is 0 Å². The molecule has 0 aromatic rings. The van der Waals surface area contributed by atoms with E-state index in [1.54, 1.807) is 18.2 Å². The Hall–Kier alpha value is 0.937. The van der Waals surface area contributed by atoms with Crippen LogP contribution in [0.5, 0.6) is 0 Å². The van der Waals surface area contributed by atoms with Crippen molar-refractivity contribution >= 4 is 26.2 Å². The van der Waals surface area contributed by atoms with Gasteiger partial charge in [0.2, 0.25) is 0 Å². The first-order valence-corrected chi connectivity index (χ1v) is 4.20. The van der Waals surface area contributed by atoms with Crippen molar-refractivity contribution in [1.29, 1.82) is 0 Å². The van der Waals surface area contributed by atoms with Crippen LogP contribution < -0.4 is 0 Å². The molecule has 0 saturated heterocycles. The van der Waals surface area contributed by atoms with E-state index in [2.05, 4.69) is 6.92 Å². The Bertz CT molecular complexity index is 107. The van der Waals surface area contributed by atoms with Crippen molar-refractivity contribution in [3.8, 4) is 0 Å². The first-order valence-electron chi connectivity index (χ1n) is 3.05. The van der Waals surface area contributed by atoms with Crippen molar-refractivity contribution in [2.45, 2.75) is 13.0 Å². The molecular weight excluding hydrogens is 383 g/mol. The Morgan fingerprint density at radius 1 is 1.82 bits per heavy atom. The average molecular weight is 393 g/mol. The van der Waals surface area contributed by atoms with Gasteiger partial charge in [-0.15, -0.1) is 6.04 Å². The van der Waals surface area contributed by atoms with Gasteiger partial charge in [-0.05, 0) is 11.5 Å². The van der Waals surface area contributed by atoms with Crippen LogP contribution in [0.1, 0.15) is 6.92 Å². The summed E-state index contributed by atoms with van der Waals surface area (Å²) in [6, 6.07) is -0.164. The molecule has 0 aliphatic heterocycles. The first kappa shape index (κ1) is 14.5. The molecule has 0 aliphatic carbocycles. The normalized spacial score (nSPS) is 11.5. The fraction of sp³-hybridized carbons (Fsp3) is 0.667. The molecule has 0 fully saturated rings. The fourth-order valence-corrected chi connectivity index (χ4v) is 1.08. The van der Waals surface area contributed by atoms with E-state index in [9.17, 15) is 4.79 Å².